The van der Waals surface area contributed by atoms with Gasteiger partial charge in [-0.05, 0) is 75.4 Å². The van der Waals surface area contributed by atoms with Crippen LogP contribution in [-0.2, 0) is 22.1 Å². The first-order valence-corrected chi connectivity index (χ1v) is 14.6. The molecule has 218 valence electrons. The van der Waals surface area contributed by atoms with Gasteiger partial charge in [0.25, 0.3) is 0 Å². The molecule has 12 heteroatoms. The molecule has 0 spiro atoms. The first-order valence-electron chi connectivity index (χ1n) is 12.9. The lowest BCUT2D eigenvalue weighted by atomic mass is 9.92. The summed E-state index contributed by atoms with van der Waals surface area (Å²) in [5, 5.41) is 31.8. The number of rotatable bonds is 8. The molecule has 0 amide bonds. The smallest absolute Gasteiger partial charge is 0.388 e. The van der Waals surface area contributed by atoms with Gasteiger partial charge in [0.05, 0.1) is 11.6 Å². The van der Waals surface area contributed by atoms with Crippen molar-refractivity contribution in [3.8, 4) is 0 Å². The van der Waals surface area contributed by atoms with Crippen LogP contribution < -0.4 is 11.1 Å². The fourth-order valence-electron chi connectivity index (χ4n) is 4.64. The van der Waals surface area contributed by atoms with E-state index >= 15 is 0 Å². The molecule has 0 aromatic heterocycles. The Hall–Kier alpha value is -0.920. The number of aryl methyl sites for hydroxylation is 1. The number of benzene rings is 1. The summed E-state index contributed by atoms with van der Waals surface area (Å²) in [5.41, 5.74) is 5.54. The van der Waals surface area contributed by atoms with Crippen molar-refractivity contribution in [3.63, 3.8) is 0 Å². The molecule has 3 rings (SSSR count). The number of aldehydes is 1. The number of aliphatic hydroxyl groups is 3. The summed E-state index contributed by atoms with van der Waals surface area (Å²) in [6, 6.07) is 4.83. The predicted octanol–water partition coefficient (Wildman–Crippen LogP) is 3.10. The van der Waals surface area contributed by atoms with Crippen LogP contribution in [0, 0.1) is 5.92 Å². The van der Waals surface area contributed by atoms with Crippen molar-refractivity contribution >= 4 is 29.6 Å². The molecule has 2 fully saturated rings. The summed E-state index contributed by atoms with van der Waals surface area (Å²) in [6.45, 7) is 2.56. The highest BCUT2D eigenvalue weighted by atomic mass is 35.5. The van der Waals surface area contributed by atoms with Gasteiger partial charge in [-0.2, -0.15) is 13.2 Å². The summed E-state index contributed by atoms with van der Waals surface area (Å²) in [7, 11) is 0. The molecule has 0 bridgehead atoms. The zero-order valence-corrected chi connectivity index (χ0v) is 23.3. The number of aliphatic hydroxyl groups excluding tert-OH is 3. The fraction of sp³-hybridized carbons (Fsp3) is 0.731. The number of halogens is 4. The molecule has 9 atom stereocenters. The maximum Gasteiger partial charge on any atom is 0.416 e. The minimum Gasteiger partial charge on any atom is -0.388 e. The first-order chi connectivity index (χ1) is 17.9. The van der Waals surface area contributed by atoms with E-state index < -0.39 is 53.0 Å². The predicted molar refractivity (Wildman–Crippen MR) is 143 cm³/mol. The monoisotopic (exact) mass is 584 g/mol. The second kappa shape index (κ2) is 15.8. The van der Waals surface area contributed by atoms with Gasteiger partial charge in [-0.3, -0.25) is 0 Å². The molecular formula is C26H40ClF3N2O5S. The largest absolute Gasteiger partial charge is 0.416 e. The molecule has 1 aromatic carbocycles. The van der Waals surface area contributed by atoms with Gasteiger partial charge in [-0.25, -0.2) is 0 Å². The second-order valence-corrected chi connectivity index (χ2v) is 11.6. The van der Waals surface area contributed by atoms with E-state index in [9.17, 15) is 33.3 Å². The zero-order chi connectivity index (χ0) is 28.5. The van der Waals surface area contributed by atoms with Crippen LogP contribution in [0.5, 0.6) is 0 Å². The number of carbonyl (C=O) groups is 1. The van der Waals surface area contributed by atoms with E-state index in [0.717, 1.165) is 69.1 Å². The van der Waals surface area contributed by atoms with Crippen LogP contribution in [0.25, 0.3) is 0 Å². The van der Waals surface area contributed by atoms with Crippen molar-refractivity contribution in [2.45, 2.75) is 98.9 Å². The number of alkyl halides is 4. The summed E-state index contributed by atoms with van der Waals surface area (Å²) in [5.74, 6) is 0.604. The van der Waals surface area contributed by atoms with Gasteiger partial charge >= 0.3 is 6.18 Å². The van der Waals surface area contributed by atoms with E-state index in [1.165, 1.54) is 11.8 Å². The lowest BCUT2D eigenvalue weighted by molar-refractivity contribution is -0.202. The number of thioether (sulfide) groups is 1. The summed E-state index contributed by atoms with van der Waals surface area (Å²) in [6.07, 6.45) is -0.101. The third-order valence-corrected chi connectivity index (χ3v) is 8.26. The minimum atomic E-state index is -4.26. The fourth-order valence-corrected chi connectivity index (χ4v) is 5.47. The average Bonchev–Trinajstić information content (AvgIpc) is 3.12. The highest BCUT2D eigenvalue weighted by Gasteiger charge is 2.46. The quantitative estimate of drug-likeness (QED) is 0.233. The summed E-state index contributed by atoms with van der Waals surface area (Å²) in [4.78, 5) is 10.8. The van der Waals surface area contributed by atoms with Crippen LogP contribution in [-0.4, -0.2) is 81.7 Å². The van der Waals surface area contributed by atoms with E-state index in [1.807, 2.05) is 0 Å². The van der Waals surface area contributed by atoms with E-state index in [1.54, 1.807) is 25.3 Å². The van der Waals surface area contributed by atoms with Gasteiger partial charge in [0.1, 0.15) is 36.1 Å². The van der Waals surface area contributed by atoms with Crippen LogP contribution >= 0.6 is 23.4 Å². The average molecular weight is 585 g/mol. The number of hydrogen-bond donors (Lipinski definition) is 5. The van der Waals surface area contributed by atoms with Gasteiger partial charge in [0, 0.05) is 11.4 Å². The number of nitrogens with two attached hydrogens (primary N) is 1. The van der Waals surface area contributed by atoms with E-state index in [-0.39, 0.29) is 6.04 Å². The van der Waals surface area contributed by atoms with Crippen LogP contribution in [0.2, 0.25) is 0 Å². The Morgan fingerprint density at radius 3 is 2.37 bits per heavy atom. The molecule has 2 saturated heterocycles. The highest BCUT2D eigenvalue weighted by molar-refractivity contribution is 7.99. The van der Waals surface area contributed by atoms with Gasteiger partial charge in [-0.15, -0.1) is 23.4 Å². The van der Waals surface area contributed by atoms with Crippen molar-refractivity contribution in [3.05, 3.63) is 35.4 Å². The third kappa shape index (κ3) is 9.92. The topological polar surface area (TPSA) is 125 Å². The number of hydrogen-bond acceptors (Lipinski definition) is 8. The lowest BCUT2D eigenvalue weighted by Gasteiger charge is -2.42. The Balaban J connectivity index is 0.000000281. The van der Waals surface area contributed by atoms with Crippen molar-refractivity contribution in [1.29, 1.82) is 0 Å². The van der Waals surface area contributed by atoms with Crippen LogP contribution in [0.4, 0.5) is 13.2 Å². The minimum absolute atomic E-state index is 0.0140. The third-order valence-electron chi connectivity index (χ3n) is 7.12. The van der Waals surface area contributed by atoms with Crippen LogP contribution in [0.15, 0.2) is 24.3 Å². The van der Waals surface area contributed by atoms with Gasteiger partial charge in [0.2, 0.25) is 0 Å². The molecule has 2 aliphatic rings. The molecular weight excluding hydrogens is 545 g/mol. The molecule has 0 saturated carbocycles. The van der Waals surface area contributed by atoms with Crippen LogP contribution in [0.3, 0.4) is 0 Å². The lowest BCUT2D eigenvalue weighted by Crippen LogP contribution is -2.62. The summed E-state index contributed by atoms with van der Waals surface area (Å²) >= 11 is 7.09. The molecule has 38 heavy (non-hydrogen) atoms. The Morgan fingerprint density at radius 2 is 1.82 bits per heavy atom. The van der Waals surface area contributed by atoms with Crippen molar-refractivity contribution in [2.24, 2.45) is 11.7 Å². The Bertz CT molecular complexity index is 834. The Kier molecular flexibility index (Phi) is 13.8. The molecule has 7 nitrogen and oxygen atoms in total. The van der Waals surface area contributed by atoms with Gasteiger partial charge < -0.3 is 35.9 Å². The Morgan fingerprint density at radius 1 is 1.16 bits per heavy atom. The molecule has 0 radical (unpaired) electrons. The molecule has 2 heterocycles. The maximum absolute atomic E-state index is 12.5. The molecule has 6 N–H and O–H groups in total. The van der Waals surface area contributed by atoms with Crippen molar-refractivity contribution in [2.75, 3.05) is 12.8 Å². The summed E-state index contributed by atoms with van der Waals surface area (Å²) < 4.78 is 42.9. The van der Waals surface area contributed by atoms with E-state index in [4.69, 9.17) is 22.1 Å². The van der Waals surface area contributed by atoms with Crippen LogP contribution in [0.1, 0.15) is 50.2 Å². The van der Waals surface area contributed by atoms with Crippen molar-refractivity contribution < 1.29 is 38.0 Å². The molecule has 2 aliphatic heterocycles. The first kappa shape index (κ1) is 33.3. The van der Waals surface area contributed by atoms with Crippen molar-refractivity contribution in [1.82, 2.24) is 5.32 Å². The standard InChI is InChI=1S/C17H22F3NO.C9H18ClNO4S/c18-17(19,20)15-7-4-13(5-8-15)2-1-3-14-6-9-16(12-22)21-11-10-14;1-3(10)4(11)8-6(13)5(12)7(14)9(15-8)16-2/h4-5,7-8,12,14,16,21H,1-3,6,9-11H2;3-9,12-14H,11H2,1-2H3. The molecule has 1 aromatic rings. The zero-order valence-electron chi connectivity index (χ0n) is 21.7. The highest BCUT2D eigenvalue weighted by Crippen LogP contribution is 2.30. The second-order valence-electron chi connectivity index (χ2n) is 9.95. The molecule has 0 aliphatic carbocycles. The number of nitrogens with one attached hydrogen (secondary N) is 1. The number of carbonyl (C=O) groups excluding carboxylic acids is 1. The number of ether oxygens (including phenoxy) is 1. The Labute approximate surface area is 231 Å². The van der Waals surface area contributed by atoms with Gasteiger partial charge in [-0.1, -0.05) is 18.6 Å². The van der Waals surface area contributed by atoms with E-state index in [2.05, 4.69) is 5.32 Å². The maximum atomic E-state index is 12.5. The normalized spacial score (nSPS) is 31.9. The van der Waals surface area contributed by atoms with Gasteiger partial charge in [0.15, 0.2) is 0 Å². The SMILES string of the molecule is CSC1OC(C(N)C(C)Cl)C(O)C(O)C1O.O=CC1CCC(CCCc2ccc(C(F)(F)F)cc2)CCN1. The molecule has 9 unspecified atom stereocenters. The van der Waals surface area contributed by atoms with E-state index in [0.29, 0.717) is 5.92 Å².